The van der Waals surface area contributed by atoms with Crippen LogP contribution in [-0.4, -0.2) is 35.6 Å². The minimum Gasteiger partial charge on any atom is -0.480 e. The summed E-state index contributed by atoms with van der Waals surface area (Å²) in [7, 11) is 0. The van der Waals surface area contributed by atoms with Crippen LogP contribution in [0.5, 0.6) is 0 Å². The first-order valence-electron chi connectivity index (χ1n) is 19.1. The van der Waals surface area contributed by atoms with Gasteiger partial charge in [0.2, 0.25) is 5.91 Å². The number of carboxylic acid groups (broad SMARTS) is 1. The van der Waals surface area contributed by atoms with E-state index in [1.807, 2.05) is 0 Å². The Morgan fingerprint density at radius 3 is 1.63 bits per heavy atom. The van der Waals surface area contributed by atoms with Crippen LogP contribution in [0.25, 0.3) is 0 Å². The summed E-state index contributed by atoms with van der Waals surface area (Å²) < 4.78 is 5.99. The highest BCUT2D eigenvalue weighted by molar-refractivity contribution is 5.80. The van der Waals surface area contributed by atoms with Gasteiger partial charge in [0.25, 0.3) is 0 Å². The summed E-state index contributed by atoms with van der Waals surface area (Å²) in [6, 6.07) is 0. The molecule has 0 aliphatic carbocycles. The highest BCUT2D eigenvalue weighted by atomic mass is 16.5. The molecule has 0 aromatic rings. The third kappa shape index (κ3) is 34.5. The number of carbonyl (C=O) groups is 3. The topological polar surface area (TPSA) is 92.7 Å². The van der Waals surface area contributed by atoms with Crippen molar-refractivity contribution in [1.29, 1.82) is 0 Å². The van der Waals surface area contributed by atoms with Crippen molar-refractivity contribution in [3.63, 3.8) is 0 Å². The molecule has 6 nitrogen and oxygen atoms in total. The Morgan fingerprint density at radius 1 is 0.587 bits per heavy atom. The third-order valence-electron chi connectivity index (χ3n) is 8.33. The number of ether oxygens (including phenoxy) is 1. The molecule has 1 amide bonds. The number of hydrogen-bond acceptors (Lipinski definition) is 4. The van der Waals surface area contributed by atoms with Gasteiger partial charge in [-0.3, -0.25) is 14.4 Å². The van der Waals surface area contributed by atoms with Crippen molar-refractivity contribution in [2.45, 2.75) is 193 Å². The Labute approximate surface area is 283 Å². The first-order valence-corrected chi connectivity index (χ1v) is 19.1. The van der Waals surface area contributed by atoms with Crippen molar-refractivity contribution < 1.29 is 24.2 Å². The monoisotopic (exact) mass is 646 g/mol. The molecule has 2 N–H and O–H groups in total. The maximum atomic E-state index is 12.7. The number of nitrogens with one attached hydrogen (secondary N) is 1. The SMILES string of the molecule is CC/C=C\C/C=C\C/C=C\CCCCCCCC(=O)OC(CCCCCCCCCCC)CCCCCCCC(=O)NCC(=O)O. The van der Waals surface area contributed by atoms with Crippen molar-refractivity contribution in [3.8, 4) is 0 Å². The average molecular weight is 646 g/mol. The molecule has 1 unspecified atom stereocenters. The van der Waals surface area contributed by atoms with E-state index < -0.39 is 5.97 Å². The van der Waals surface area contributed by atoms with Gasteiger partial charge < -0.3 is 15.2 Å². The molecule has 0 aliphatic heterocycles. The van der Waals surface area contributed by atoms with Crippen LogP contribution in [0.3, 0.4) is 0 Å². The molecule has 1 atom stereocenters. The van der Waals surface area contributed by atoms with E-state index in [1.54, 1.807) is 0 Å². The van der Waals surface area contributed by atoms with E-state index in [0.29, 0.717) is 12.8 Å². The van der Waals surface area contributed by atoms with Crippen LogP contribution < -0.4 is 5.32 Å². The van der Waals surface area contributed by atoms with Crippen LogP contribution in [0, 0.1) is 0 Å². The van der Waals surface area contributed by atoms with Crippen LogP contribution in [0.15, 0.2) is 36.5 Å². The molecule has 0 spiro atoms. The van der Waals surface area contributed by atoms with E-state index in [1.165, 1.54) is 70.6 Å². The maximum absolute atomic E-state index is 12.7. The molecule has 266 valence electrons. The second-order valence-electron chi connectivity index (χ2n) is 12.8. The van der Waals surface area contributed by atoms with Gasteiger partial charge in [0.1, 0.15) is 12.6 Å². The van der Waals surface area contributed by atoms with Gasteiger partial charge in [-0.2, -0.15) is 0 Å². The zero-order chi connectivity index (χ0) is 33.8. The number of esters is 1. The maximum Gasteiger partial charge on any atom is 0.322 e. The van der Waals surface area contributed by atoms with Crippen LogP contribution >= 0.6 is 0 Å². The summed E-state index contributed by atoms with van der Waals surface area (Å²) in [6.45, 7) is 4.10. The highest BCUT2D eigenvalue weighted by Gasteiger charge is 2.14. The first-order chi connectivity index (χ1) is 22.5. The second-order valence-corrected chi connectivity index (χ2v) is 12.8. The summed E-state index contributed by atoms with van der Waals surface area (Å²) in [6.07, 6.45) is 42.6. The van der Waals surface area contributed by atoms with E-state index in [-0.39, 0.29) is 24.5 Å². The molecule has 0 rings (SSSR count). The number of amides is 1. The number of hydrogen-bond donors (Lipinski definition) is 2. The molecule has 0 heterocycles. The highest BCUT2D eigenvalue weighted by Crippen LogP contribution is 2.19. The fourth-order valence-electron chi connectivity index (χ4n) is 5.53. The Kier molecular flexibility index (Phi) is 33.7. The van der Waals surface area contributed by atoms with Crippen molar-refractivity contribution in [2.75, 3.05) is 6.54 Å². The lowest BCUT2D eigenvalue weighted by Crippen LogP contribution is -2.28. The number of allylic oxidation sites excluding steroid dienone is 6. The Hall–Kier alpha value is -2.37. The van der Waals surface area contributed by atoms with Gasteiger partial charge in [0.05, 0.1) is 0 Å². The molecule has 0 bridgehead atoms. The van der Waals surface area contributed by atoms with Crippen LogP contribution in [0.4, 0.5) is 0 Å². The molecule has 0 fully saturated rings. The molecule has 0 saturated heterocycles. The van der Waals surface area contributed by atoms with Crippen LogP contribution in [-0.2, 0) is 19.1 Å². The van der Waals surface area contributed by atoms with Gasteiger partial charge in [-0.15, -0.1) is 0 Å². The van der Waals surface area contributed by atoms with E-state index in [4.69, 9.17) is 9.84 Å². The molecular weight excluding hydrogens is 574 g/mol. The van der Waals surface area contributed by atoms with E-state index in [9.17, 15) is 14.4 Å². The van der Waals surface area contributed by atoms with Gasteiger partial charge in [-0.05, 0) is 70.6 Å². The lowest BCUT2D eigenvalue weighted by Gasteiger charge is -2.18. The lowest BCUT2D eigenvalue weighted by molar-refractivity contribution is -0.150. The second kappa shape index (κ2) is 35.5. The Bertz CT molecular complexity index is 803. The standard InChI is InChI=1S/C40H71NO5/c1-3-5-7-9-11-13-14-15-16-17-18-20-22-27-31-35-40(45)46-37(32-28-24-21-19-12-10-8-6-4-2)33-29-25-23-26-30-34-38(42)41-36-39(43)44/h5,7,11,13,15-16,37H,3-4,6,8-10,12,14,17-36H2,1-2H3,(H,41,42)(H,43,44)/b7-5-,13-11-,16-15-. The van der Waals surface area contributed by atoms with E-state index >= 15 is 0 Å². The predicted molar refractivity (Wildman–Crippen MR) is 194 cm³/mol. The molecule has 0 aromatic heterocycles. The normalized spacial score (nSPS) is 12.4. The number of unbranched alkanes of at least 4 members (excludes halogenated alkanes) is 17. The molecule has 46 heavy (non-hydrogen) atoms. The molecule has 0 saturated carbocycles. The van der Waals surface area contributed by atoms with Gasteiger partial charge >= 0.3 is 11.9 Å². The smallest absolute Gasteiger partial charge is 0.322 e. The summed E-state index contributed by atoms with van der Waals surface area (Å²) in [5.41, 5.74) is 0. The Morgan fingerprint density at radius 2 is 1.07 bits per heavy atom. The van der Waals surface area contributed by atoms with Crippen molar-refractivity contribution in [2.24, 2.45) is 0 Å². The van der Waals surface area contributed by atoms with Crippen LogP contribution in [0.2, 0.25) is 0 Å². The average Bonchev–Trinajstić information content (AvgIpc) is 3.04. The first kappa shape index (κ1) is 43.6. The summed E-state index contributed by atoms with van der Waals surface area (Å²) in [4.78, 5) is 34.9. The minimum atomic E-state index is -1.02. The number of carboxylic acids is 1. The van der Waals surface area contributed by atoms with Gasteiger partial charge in [0.15, 0.2) is 0 Å². The number of rotatable bonds is 34. The fraction of sp³-hybridized carbons (Fsp3) is 0.775. The summed E-state index contributed by atoms with van der Waals surface area (Å²) >= 11 is 0. The molecule has 6 heteroatoms. The quantitative estimate of drug-likeness (QED) is 0.0412. The molecular formula is C40H71NO5. The number of aliphatic carboxylic acids is 1. The molecule has 0 radical (unpaired) electrons. The zero-order valence-electron chi connectivity index (χ0n) is 29.9. The van der Waals surface area contributed by atoms with E-state index in [2.05, 4.69) is 55.6 Å². The Balaban J connectivity index is 4.16. The summed E-state index contributed by atoms with van der Waals surface area (Å²) in [5, 5.41) is 11.1. The third-order valence-corrected chi connectivity index (χ3v) is 8.33. The van der Waals surface area contributed by atoms with Crippen molar-refractivity contribution in [1.82, 2.24) is 5.32 Å². The molecule has 0 aromatic carbocycles. The molecule has 0 aliphatic rings. The van der Waals surface area contributed by atoms with Crippen molar-refractivity contribution >= 4 is 17.8 Å². The van der Waals surface area contributed by atoms with Gasteiger partial charge in [-0.1, -0.05) is 140 Å². The lowest BCUT2D eigenvalue weighted by atomic mass is 10.0. The largest absolute Gasteiger partial charge is 0.480 e. The van der Waals surface area contributed by atoms with Gasteiger partial charge in [0, 0.05) is 12.8 Å². The zero-order valence-corrected chi connectivity index (χ0v) is 29.9. The predicted octanol–water partition coefficient (Wildman–Crippen LogP) is 11.3. The van der Waals surface area contributed by atoms with E-state index in [0.717, 1.165) is 89.9 Å². The fourth-order valence-corrected chi connectivity index (χ4v) is 5.53. The van der Waals surface area contributed by atoms with Crippen LogP contribution in [0.1, 0.15) is 187 Å². The number of carbonyl (C=O) groups excluding carboxylic acids is 2. The minimum absolute atomic E-state index is 0.0216. The summed E-state index contributed by atoms with van der Waals surface area (Å²) in [5.74, 6) is -1.25. The van der Waals surface area contributed by atoms with Gasteiger partial charge in [-0.25, -0.2) is 0 Å². The van der Waals surface area contributed by atoms with Crippen molar-refractivity contribution in [3.05, 3.63) is 36.5 Å².